The lowest BCUT2D eigenvalue weighted by atomic mass is 9.97. The van der Waals surface area contributed by atoms with E-state index in [4.69, 9.17) is 4.74 Å². The van der Waals surface area contributed by atoms with Gasteiger partial charge < -0.3 is 4.74 Å². The van der Waals surface area contributed by atoms with Crippen molar-refractivity contribution in [2.24, 2.45) is 11.8 Å². The highest BCUT2D eigenvalue weighted by Gasteiger charge is 2.37. The molecule has 0 radical (unpaired) electrons. The summed E-state index contributed by atoms with van der Waals surface area (Å²) in [7, 11) is 1.64. The summed E-state index contributed by atoms with van der Waals surface area (Å²) in [4.78, 5) is 11.7. The molecule has 1 saturated carbocycles. The van der Waals surface area contributed by atoms with E-state index in [2.05, 4.69) is 0 Å². The molecule has 0 aromatic rings. The number of hydrogen-bond acceptors (Lipinski definition) is 2. The molecule has 0 amide bonds. The Balaban J connectivity index is 2.46. The van der Waals surface area contributed by atoms with E-state index in [1.807, 2.05) is 13.8 Å². The van der Waals surface area contributed by atoms with Crippen molar-refractivity contribution in [3.63, 3.8) is 0 Å². The molecule has 2 nitrogen and oxygen atoms in total. The van der Waals surface area contributed by atoms with Crippen molar-refractivity contribution in [1.29, 1.82) is 0 Å². The number of methoxy groups -OCH3 is 1. The van der Waals surface area contributed by atoms with Crippen LogP contribution in [0, 0.1) is 11.8 Å². The van der Waals surface area contributed by atoms with Crippen LogP contribution < -0.4 is 0 Å². The zero-order valence-corrected chi connectivity index (χ0v) is 8.17. The van der Waals surface area contributed by atoms with Crippen LogP contribution in [0.1, 0.15) is 33.1 Å². The summed E-state index contributed by atoms with van der Waals surface area (Å²) in [6.45, 7) is 4.03. The molecule has 2 heteroatoms. The third-order valence-corrected chi connectivity index (χ3v) is 2.68. The second-order valence-corrected chi connectivity index (χ2v) is 3.71. The average Bonchev–Trinajstić information content (AvgIpc) is 2.88. The summed E-state index contributed by atoms with van der Waals surface area (Å²) in [5.41, 5.74) is 0. The molecular weight excluding hydrogens is 152 g/mol. The van der Waals surface area contributed by atoms with Crippen molar-refractivity contribution in [3.8, 4) is 0 Å². The minimum atomic E-state index is -0.111. The highest BCUT2D eigenvalue weighted by atomic mass is 16.5. The summed E-state index contributed by atoms with van der Waals surface area (Å²) < 4.78 is 5.21. The van der Waals surface area contributed by atoms with Crippen LogP contribution in [0.25, 0.3) is 0 Å². The standard InChI is InChI=1S/C10H18O2/c1-4-7(2)9(11)10(12-3)8-5-6-8/h7-8,10H,4-6H2,1-3H3. The van der Waals surface area contributed by atoms with E-state index in [0.29, 0.717) is 11.7 Å². The first-order valence-corrected chi connectivity index (χ1v) is 4.77. The number of carbonyl (C=O) groups excluding carboxylic acids is 1. The molecule has 0 aromatic heterocycles. The highest BCUT2D eigenvalue weighted by molar-refractivity contribution is 5.85. The lowest BCUT2D eigenvalue weighted by Gasteiger charge is -2.16. The van der Waals surface area contributed by atoms with Crippen molar-refractivity contribution in [1.82, 2.24) is 0 Å². The topological polar surface area (TPSA) is 26.3 Å². The van der Waals surface area contributed by atoms with Crippen LogP contribution in [-0.4, -0.2) is 19.0 Å². The second kappa shape index (κ2) is 4.04. The molecule has 0 bridgehead atoms. The number of hydrogen-bond donors (Lipinski definition) is 0. The first-order chi connectivity index (χ1) is 5.70. The van der Waals surface area contributed by atoms with Crippen molar-refractivity contribution < 1.29 is 9.53 Å². The van der Waals surface area contributed by atoms with Gasteiger partial charge in [-0.3, -0.25) is 4.79 Å². The van der Waals surface area contributed by atoms with Crippen molar-refractivity contribution in [2.45, 2.75) is 39.2 Å². The molecule has 0 aromatic carbocycles. The van der Waals surface area contributed by atoms with Gasteiger partial charge in [0.25, 0.3) is 0 Å². The third-order valence-electron chi connectivity index (χ3n) is 2.68. The van der Waals surface area contributed by atoms with E-state index in [9.17, 15) is 4.79 Å². The predicted octanol–water partition coefficient (Wildman–Crippen LogP) is 2.03. The molecule has 0 spiro atoms. The second-order valence-electron chi connectivity index (χ2n) is 3.71. The van der Waals surface area contributed by atoms with E-state index in [-0.39, 0.29) is 12.0 Å². The van der Waals surface area contributed by atoms with E-state index in [0.717, 1.165) is 6.42 Å². The molecular formula is C10H18O2. The van der Waals surface area contributed by atoms with Crippen LogP contribution in [0.2, 0.25) is 0 Å². The Morgan fingerprint density at radius 3 is 2.50 bits per heavy atom. The summed E-state index contributed by atoms with van der Waals surface area (Å²) in [6, 6.07) is 0. The van der Waals surface area contributed by atoms with E-state index in [1.54, 1.807) is 7.11 Å². The summed E-state index contributed by atoms with van der Waals surface area (Å²) in [6.07, 6.45) is 3.15. The molecule has 0 saturated heterocycles. The Morgan fingerprint density at radius 2 is 2.17 bits per heavy atom. The zero-order valence-electron chi connectivity index (χ0n) is 8.17. The number of ether oxygens (including phenoxy) is 1. The van der Waals surface area contributed by atoms with Gasteiger partial charge in [0, 0.05) is 13.0 Å². The SMILES string of the molecule is CCC(C)C(=O)C(OC)C1CC1. The molecule has 1 aliphatic rings. The maximum absolute atomic E-state index is 11.7. The first-order valence-electron chi connectivity index (χ1n) is 4.77. The molecule has 0 aliphatic heterocycles. The first kappa shape index (κ1) is 9.72. The fourth-order valence-electron chi connectivity index (χ4n) is 1.42. The van der Waals surface area contributed by atoms with E-state index >= 15 is 0 Å². The Labute approximate surface area is 74.3 Å². The van der Waals surface area contributed by atoms with Crippen molar-refractivity contribution in [3.05, 3.63) is 0 Å². The van der Waals surface area contributed by atoms with E-state index in [1.165, 1.54) is 12.8 Å². The van der Waals surface area contributed by atoms with Crippen LogP contribution in [0.5, 0.6) is 0 Å². The van der Waals surface area contributed by atoms with Gasteiger partial charge in [0.2, 0.25) is 0 Å². The lowest BCUT2D eigenvalue weighted by molar-refractivity contribution is -0.133. The number of rotatable bonds is 5. The van der Waals surface area contributed by atoms with Crippen LogP contribution in [0.4, 0.5) is 0 Å². The maximum Gasteiger partial charge on any atom is 0.164 e. The molecule has 2 atom stereocenters. The number of Topliss-reactive ketones (excluding diaryl/α,β-unsaturated/α-hetero) is 1. The smallest absolute Gasteiger partial charge is 0.164 e. The molecule has 70 valence electrons. The molecule has 0 heterocycles. The minimum absolute atomic E-state index is 0.111. The summed E-state index contributed by atoms with van der Waals surface area (Å²) >= 11 is 0. The number of carbonyl (C=O) groups is 1. The normalized spacial score (nSPS) is 21.9. The van der Waals surface area contributed by atoms with Crippen molar-refractivity contribution in [2.75, 3.05) is 7.11 Å². The Kier molecular flexibility index (Phi) is 3.27. The maximum atomic E-state index is 11.7. The van der Waals surface area contributed by atoms with Crippen LogP contribution in [-0.2, 0) is 9.53 Å². The fourth-order valence-corrected chi connectivity index (χ4v) is 1.42. The molecule has 1 rings (SSSR count). The van der Waals surface area contributed by atoms with Gasteiger partial charge in [-0.15, -0.1) is 0 Å². The lowest BCUT2D eigenvalue weighted by Crippen LogP contribution is -2.30. The van der Waals surface area contributed by atoms with E-state index < -0.39 is 0 Å². The van der Waals surface area contributed by atoms with Crippen molar-refractivity contribution >= 4 is 5.78 Å². The summed E-state index contributed by atoms with van der Waals surface area (Å²) in [5.74, 6) is 0.981. The van der Waals surface area contributed by atoms with Gasteiger partial charge in [-0.25, -0.2) is 0 Å². The van der Waals surface area contributed by atoms with Gasteiger partial charge in [0.1, 0.15) is 6.10 Å². The van der Waals surface area contributed by atoms with Crippen LogP contribution in [0.15, 0.2) is 0 Å². The van der Waals surface area contributed by atoms with Crippen LogP contribution in [0.3, 0.4) is 0 Å². The zero-order chi connectivity index (χ0) is 9.14. The fraction of sp³-hybridized carbons (Fsp3) is 0.900. The monoisotopic (exact) mass is 170 g/mol. The third kappa shape index (κ3) is 2.07. The molecule has 2 unspecified atom stereocenters. The minimum Gasteiger partial charge on any atom is -0.373 e. The molecule has 12 heavy (non-hydrogen) atoms. The predicted molar refractivity (Wildman–Crippen MR) is 48.0 cm³/mol. The van der Waals surface area contributed by atoms with Gasteiger partial charge >= 0.3 is 0 Å². The molecule has 0 N–H and O–H groups in total. The largest absolute Gasteiger partial charge is 0.373 e. The van der Waals surface area contributed by atoms with Gasteiger partial charge in [0.05, 0.1) is 0 Å². The van der Waals surface area contributed by atoms with Gasteiger partial charge in [0.15, 0.2) is 5.78 Å². The Bertz CT molecular complexity index is 161. The van der Waals surface area contributed by atoms with Gasteiger partial charge in [-0.1, -0.05) is 13.8 Å². The Hall–Kier alpha value is -0.370. The molecule has 1 aliphatic carbocycles. The summed E-state index contributed by atoms with van der Waals surface area (Å²) in [5, 5.41) is 0. The van der Waals surface area contributed by atoms with Crippen LogP contribution >= 0.6 is 0 Å². The molecule has 1 fully saturated rings. The average molecular weight is 170 g/mol. The van der Waals surface area contributed by atoms with Gasteiger partial charge in [-0.05, 0) is 25.2 Å². The highest BCUT2D eigenvalue weighted by Crippen LogP contribution is 2.35. The van der Waals surface area contributed by atoms with Gasteiger partial charge in [-0.2, -0.15) is 0 Å². The number of ketones is 1. The quantitative estimate of drug-likeness (QED) is 0.631. The Morgan fingerprint density at radius 1 is 1.58 bits per heavy atom.